The Morgan fingerprint density at radius 3 is 2.89 bits per heavy atom. The zero-order valence-corrected chi connectivity index (χ0v) is 11.1. The van der Waals surface area contributed by atoms with E-state index in [1.165, 1.54) is 18.2 Å². The highest BCUT2D eigenvalue weighted by Gasteiger charge is 2.22. The van der Waals surface area contributed by atoms with E-state index < -0.39 is 0 Å². The summed E-state index contributed by atoms with van der Waals surface area (Å²) < 4.78 is 0. The van der Waals surface area contributed by atoms with E-state index in [2.05, 4.69) is 17.1 Å². The molecule has 3 N–H and O–H groups in total. The topological polar surface area (TPSA) is 72.8 Å². The molecule has 1 aliphatic heterocycles. The van der Waals surface area contributed by atoms with Crippen molar-refractivity contribution in [3.63, 3.8) is 0 Å². The Morgan fingerprint density at radius 1 is 1.47 bits per heavy atom. The number of benzene rings is 1. The highest BCUT2D eigenvalue weighted by Crippen LogP contribution is 2.22. The Balaban J connectivity index is 1.88. The Labute approximate surface area is 112 Å². The van der Waals surface area contributed by atoms with Crippen LogP contribution in [0.1, 0.15) is 23.7 Å². The van der Waals surface area contributed by atoms with Gasteiger partial charge in [-0.2, -0.15) is 0 Å². The van der Waals surface area contributed by atoms with E-state index in [0.29, 0.717) is 12.5 Å². The molecule has 2 rings (SSSR count). The minimum atomic E-state index is -0.299. The molecule has 1 aliphatic rings. The SMILES string of the molecule is CCN1CCC(CNC(=O)c2ccc(O)cc2O)C1. The molecular formula is C14H20N2O3. The van der Waals surface area contributed by atoms with Crippen LogP contribution in [0.3, 0.4) is 0 Å². The first kappa shape index (κ1) is 13.7. The Hall–Kier alpha value is -1.75. The van der Waals surface area contributed by atoms with Gasteiger partial charge in [0.25, 0.3) is 5.91 Å². The molecule has 0 spiro atoms. The number of nitrogens with zero attached hydrogens (tertiary/aromatic N) is 1. The molecule has 1 fully saturated rings. The van der Waals surface area contributed by atoms with Gasteiger partial charge in [0.05, 0.1) is 5.56 Å². The van der Waals surface area contributed by atoms with Gasteiger partial charge in [-0.05, 0) is 37.6 Å². The van der Waals surface area contributed by atoms with E-state index in [9.17, 15) is 15.0 Å². The number of carbonyl (C=O) groups excluding carboxylic acids is 1. The van der Waals surface area contributed by atoms with Crippen LogP contribution in [0.4, 0.5) is 0 Å². The van der Waals surface area contributed by atoms with Crippen molar-refractivity contribution in [2.24, 2.45) is 5.92 Å². The molecule has 0 saturated carbocycles. The minimum absolute atomic E-state index is 0.0524. The molecule has 19 heavy (non-hydrogen) atoms. The molecule has 1 heterocycles. The molecule has 0 aromatic heterocycles. The first-order valence-electron chi connectivity index (χ1n) is 6.62. The molecule has 104 valence electrons. The molecule has 0 bridgehead atoms. The van der Waals surface area contributed by atoms with Crippen LogP contribution in [-0.4, -0.2) is 47.2 Å². The molecule has 0 radical (unpaired) electrons. The molecule has 1 unspecified atom stereocenters. The maximum Gasteiger partial charge on any atom is 0.255 e. The summed E-state index contributed by atoms with van der Waals surface area (Å²) in [5.41, 5.74) is 0.197. The Bertz CT molecular complexity index is 462. The van der Waals surface area contributed by atoms with E-state index in [4.69, 9.17) is 0 Å². The largest absolute Gasteiger partial charge is 0.508 e. The number of nitrogens with one attached hydrogen (secondary N) is 1. The number of hydrogen-bond acceptors (Lipinski definition) is 4. The van der Waals surface area contributed by atoms with Crippen LogP contribution in [-0.2, 0) is 0 Å². The maximum atomic E-state index is 11.9. The minimum Gasteiger partial charge on any atom is -0.508 e. The van der Waals surface area contributed by atoms with Crippen LogP contribution in [0.25, 0.3) is 0 Å². The van der Waals surface area contributed by atoms with Gasteiger partial charge in [0, 0.05) is 19.2 Å². The first-order valence-corrected chi connectivity index (χ1v) is 6.62. The molecule has 0 aliphatic carbocycles. The predicted molar refractivity (Wildman–Crippen MR) is 72.3 cm³/mol. The summed E-state index contributed by atoms with van der Waals surface area (Å²) in [6, 6.07) is 3.99. The number of phenolic OH excluding ortho intramolecular Hbond substituents is 2. The maximum absolute atomic E-state index is 11.9. The van der Waals surface area contributed by atoms with Crippen LogP contribution in [0.15, 0.2) is 18.2 Å². The van der Waals surface area contributed by atoms with Crippen LogP contribution >= 0.6 is 0 Å². The average molecular weight is 264 g/mol. The van der Waals surface area contributed by atoms with Crippen molar-refractivity contribution in [2.75, 3.05) is 26.2 Å². The summed E-state index contributed by atoms with van der Waals surface area (Å²) >= 11 is 0. The zero-order valence-electron chi connectivity index (χ0n) is 11.1. The molecular weight excluding hydrogens is 244 g/mol. The van der Waals surface area contributed by atoms with Gasteiger partial charge in [-0.1, -0.05) is 6.92 Å². The molecule has 1 amide bonds. The predicted octanol–water partition coefficient (Wildman–Crippen LogP) is 1.17. The lowest BCUT2D eigenvalue weighted by Gasteiger charge is -2.14. The summed E-state index contributed by atoms with van der Waals surface area (Å²) in [6.07, 6.45) is 1.09. The van der Waals surface area contributed by atoms with Gasteiger partial charge < -0.3 is 20.4 Å². The third kappa shape index (κ3) is 3.38. The summed E-state index contributed by atoms with van der Waals surface area (Å²) in [5, 5.41) is 21.6. The van der Waals surface area contributed by atoms with Crippen molar-refractivity contribution < 1.29 is 15.0 Å². The van der Waals surface area contributed by atoms with Gasteiger partial charge >= 0.3 is 0 Å². The van der Waals surface area contributed by atoms with Crippen molar-refractivity contribution in [2.45, 2.75) is 13.3 Å². The van der Waals surface area contributed by atoms with Crippen LogP contribution in [0.5, 0.6) is 11.5 Å². The fourth-order valence-electron chi connectivity index (χ4n) is 2.41. The quantitative estimate of drug-likeness (QED) is 0.763. The average Bonchev–Trinajstić information content (AvgIpc) is 2.84. The van der Waals surface area contributed by atoms with E-state index in [-0.39, 0.29) is 23.0 Å². The van der Waals surface area contributed by atoms with Gasteiger partial charge in [-0.25, -0.2) is 0 Å². The molecule has 5 heteroatoms. The summed E-state index contributed by atoms with van der Waals surface area (Å²) in [6.45, 7) is 5.90. The lowest BCUT2D eigenvalue weighted by molar-refractivity contribution is 0.0945. The van der Waals surface area contributed by atoms with Crippen molar-refractivity contribution in [3.05, 3.63) is 23.8 Å². The monoisotopic (exact) mass is 264 g/mol. The third-order valence-electron chi connectivity index (χ3n) is 3.59. The fraction of sp³-hybridized carbons (Fsp3) is 0.500. The summed E-state index contributed by atoms with van der Waals surface area (Å²) in [4.78, 5) is 14.3. The van der Waals surface area contributed by atoms with Gasteiger partial charge in [0.1, 0.15) is 11.5 Å². The van der Waals surface area contributed by atoms with E-state index in [1.54, 1.807) is 0 Å². The number of carbonyl (C=O) groups is 1. The number of rotatable bonds is 4. The van der Waals surface area contributed by atoms with Crippen LogP contribution in [0, 0.1) is 5.92 Å². The van der Waals surface area contributed by atoms with E-state index in [0.717, 1.165) is 26.1 Å². The fourth-order valence-corrected chi connectivity index (χ4v) is 2.41. The second-order valence-electron chi connectivity index (χ2n) is 4.96. The molecule has 1 aromatic rings. The van der Waals surface area contributed by atoms with Crippen molar-refractivity contribution >= 4 is 5.91 Å². The Kier molecular flexibility index (Phi) is 4.27. The summed E-state index contributed by atoms with van der Waals surface area (Å²) in [7, 11) is 0. The zero-order chi connectivity index (χ0) is 13.8. The second-order valence-corrected chi connectivity index (χ2v) is 4.96. The van der Waals surface area contributed by atoms with Gasteiger partial charge in [-0.3, -0.25) is 4.79 Å². The number of amides is 1. The first-order chi connectivity index (χ1) is 9.10. The smallest absolute Gasteiger partial charge is 0.255 e. The molecule has 1 saturated heterocycles. The van der Waals surface area contributed by atoms with Gasteiger partial charge in [0.2, 0.25) is 0 Å². The van der Waals surface area contributed by atoms with Gasteiger partial charge in [-0.15, -0.1) is 0 Å². The number of phenols is 2. The molecule has 1 aromatic carbocycles. The van der Waals surface area contributed by atoms with E-state index in [1.807, 2.05) is 0 Å². The Morgan fingerprint density at radius 2 is 2.26 bits per heavy atom. The number of aromatic hydroxyl groups is 2. The van der Waals surface area contributed by atoms with Gasteiger partial charge in [0.15, 0.2) is 0 Å². The normalized spacial score (nSPS) is 19.5. The highest BCUT2D eigenvalue weighted by atomic mass is 16.3. The molecule has 1 atom stereocenters. The van der Waals surface area contributed by atoms with Crippen LogP contribution in [0.2, 0.25) is 0 Å². The summed E-state index contributed by atoms with van der Waals surface area (Å²) in [5.74, 6) is -0.0712. The highest BCUT2D eigenvalue weighted by molar-refractivity contribution is 5.96. The van der Waals surface area contributed by atoms with Crippen molar-refractivity contribution in [3.8, 4) is 11.5 Å². The third-order valence-corrected chi connectivity index (χ3v) is 3.59. The lowest BCUT2D eigenvalue weighted by Crippen LogP contribution is -2.31. The lowest BCUT2D eigenvalue weighted by atomic mass is 10.1. The van der Waals surface area contributed by atoms with Crippen LogP contribution < -0.4 is 5.32 Å². The standard InChI is InChI=1S/C14H20N2O3/c1-2-16-6-5-10(9-16)8-15-14(19)12-4-3-11(17)7-13(12)18/h3-4,7,10,17-18H,2,5-6,8-9H2,1H3,(H,15,19). The number of hydrogen-bond donors (Lipinski definition) is 3. The second kappa shape index (κ2) is 5.93. The molecule has 5 nitrogen and oxygen atoms in total. The van der Waals surface area contributed by atoms with Crippen molar-refractivity contribution in [1.82, 2.24) is 10.2 Å². The number of likely N-dealkylation sites (tertiary alicyclic amines) is 1. The van der Waals surface area contributed by atoms with E-state index >= 15 is 0 Å². The van der Waals surface area contributed by atoms with Crippen molar-refractivity contribution in [1.29, 1.82) is 0 Å².